The SMILES string of the molecule is C=C(C)\C(=C/C=C(C)/C(O)=C(/C(C)=N)C(=O)OC)NC(=O)OC(C)(C)C. The number of alkyl carbamates (subject to hydrolysis) is 1. The van der Waals surface area contributed by atoms with Crippen LogP contribution in [0.15, 0.2) is 46.9 Å². The number of carbonyl (C=O) groups excluding carboxylic acids is 2. The molecule has 0 heterocycles. The van der Waals surface area contributed by atoms with Gasteiger partial charge >= 0.3 is 12.1 Å². The molecular weight excluding hydrogens is 336 g/mol. The molecular formula is C19H28N2O5. The highest BCUT2D eigenvalue weighted by Crippen LogP contribution is 2.16. The van der Waals surface area contributed by atoms with Crippen molar-refractivity contribution in [2.75, 3.05) is 7.11 Å². The van der Waals surface area contributed by atoms with Crippen molar-refractivity contribution in [3.8, 4) is 0 Å². The zero-order valence-electron chi connectivity index (χ0n) is 16.4. The van der Waals surface area contributed by atoms with E-state index in [9.17, 15) is 14.7 Å². The predicted octanol–water partition coefficient (Wildman–Crippen LogP) is 3.94. The monoisotopic (exact) mass is 364 g/mol. The summed E-state index contributed by atoms with van der Waals surface area (Å²) in [7, 11) is 1.17. The largest absolute Gasteiger partial charge is 0.507 e. The average Bonchev–Trinajstić information content (AvgIpc) is 2.48. The molecule has 7 nitrogen and oxygen atoms in total. The van der Waals surface area contributed by atoms with Crippen LogP contribution in [0.3, 0.4) is 0 Å². The summed E-state index contributed by atoms with van der Waals surface area (Å²) in [6.45, 7) is 13.6. The fourth-order valence-corrected chi connectivity index (χ4v) is 1.72. The molecule has 0 saturated carbocycles. The molecule has 0 aromatic rings. The van der Waals surface area contributed by atoms with Crippen LogP contribution < -0.4 is 5.32 Å². The number of nitrogens with one attached hydrogen (secondary N) is 2. The lowest BCUT2D eigenvalue weighted by molar-refractivity contribution is -0.135. The molecule has 0 aromatic carbocycles. The third-order valence-electron chi connectivity index (χ3n) is 2.97. The number of esters is 1. The summed E-state index contributed by atoms with van der Waals surface area (Å²) < 4.78 is 9.77. The minimum Gasteiger partial charge on any atom is -0.507 e. The molecule has 0 rings (SSSR count). The lowest BCUT2D eigenvalue weighted by Gasteiger charge is -2.20. The van der Waals surface area contributed by atoms with E-state index in [1.54, 1.807) is 34.6 Å². The molecule has 0 aliphatic heterocycles. The number of aliphatic hydroxyl groups excluding tert-OH is 1. The Morgan fingerprint density at radius 2 is 1.69 bits per heavy atom. The van der Waals surface area contributed by atoms with Gasteiger partial charge in [-0.3, -0.25) is 5.32 Å². The molecule has 3 N–H and O–H groups in total. The van der Waals surface area contributed by atoms with Crippen molar-refractivity contribution in [3.05, 3.63) is 46.9 Å². The van der Waals surface area contributed by atoms with Crippen LogP contribution in [0.1, 0.15) is 41.5 Å². The van der Waals surface area contributed by atoms with Gasteiger partial charge in [-0.1, -0.05) is 12.7 Å². The van der Waals surface area contributed by atoms with Crippen molar-refractivity contribution in [1.29, 1.82) is 5.41 Å². The normalized spacial score (nSPS) is 13.5. The van der Waals surface area contributed by atoms with Gasteiger partial charge in [0.05, 0.1) is 7.11 Å². The summed E-state index contributed by atoms with van der Waals surface area (Å²) in [6.07, 6.45) is 2.37. The summed E-state index contributed by atoms with van der Waals surface area (Å²) in [4.78, 5) is 23.6. The summed E-state index contributed by atoms with van der Waals surface area (Å²) >= 11 is 0. The van der Waals surface area contributed by atoms with Gasteiger partial charge in [0.1, 0.15) is 16.9 Å². The molecule has 0 aliphatic rings. The van der Waals surface area contributed by atoms with E-state index in [-0.39, 0.29) is 17.0 Å². The fourth-order valence-electron chi connectivity index (χ4n) is 1.72. The van der Waals surface area contributed by atoms with Gasteiger partial charge in [-0.05, 0) is 58.8 Å². The van der Waals surface area contributed by atoms with E-state index in [2.05, 4.69) is 16.6 Å². The summed E-state index contributed by atoms with van der Waals surface area (Å²) in [5, 5.41) is 20.4. The molecule has 0 aromatic heterocycles. The summed E-state index contributed by atoms with van der Waals surface area (Å²) in [5.41, 5.74) is 0.261. The maximum Gasteiger partial charge on any atom is 0.412 e. The van der Waals surface area contributed by atoms with Gasteiger partial charge in [0.2, 0.25) is 0 Å². The minimum absolute atomic E-state index is 0.127. The third kappa shape index (κ3) is 7.83. The lowest BCUT2D eigenvalue weighted by atomic mass is 10.1. The maximum atomic E-state index is 11.9. The van der Waals surface area contributed by atoms with Gasteiger partial charge in [0.15, 0.2) is 0 Å². The zero-order valence-corrected chi connectivity index (χ0v) is 16.4. The Hall–Kier alpha value is -2.83. The van der Waals surface area contributed by atoms with Crippen LogP contribution in [0.5, 0.6) is 0 Å². The first-order valence-corrected chi connectivity index (χ1v) is 7.92. The molecule has 0 aliphatic carbocycles. The van der Waals surface area contributed by atoms with E-state index < -0.39 is 17.7 Å². The molecule has 26 heavy (non-hydrogen) atoms. The first-order chi connectivity index (χ1) is 11.8. The lowest BCUT2D eigenvalue weighted by Crippen LogP contribution is -2.32. The van der Waals surface area contributed by atoms with Gasteiger partial charge in [-0.25, -0.2) is 9.59 Å². The van der Waals surface area contributed by atoms with Crippen molar-refractivity contribution in [2.24, 2.45) is 0 Å². The van der Waals surface area contributed by atoms with Gasteiger partial charge in [0, 0.05) is 11.4 Å². The Morgan fingerprint density at radius 3 is 2.08 bits per heavy atom. The Balaban J connectivity index is 5.70. The molecule has 7 heteroatoms. The van der Waals surface area contributed by atoms with E-state index in [0.717, 1.165) is 0 Å². The molecule has 0 atom stereocenters. The van der Waals surface area contributed by atoms with Crippen LogP contribution in [0.2, 0.25) is 0 Å². The molecule has 0 spiro atoms. The number of amides is 1. The van der Waals surface area contributed by atoms with Crippen molar-refractivity contribution in [3.63, 3.8) is 0 Å². The van der Waals surface area contributed by atoms with Crippen LogP contribution >= 0.6 is 0 Å². The molecule has 0 fully saturated rings. The van der Waals surface area contributed by atoms with Crippen LogP contribution in [-0.2, 0) is 14.3 Å². The van der Waals surface area contributed by atoms with Crippen molar-refractivity contribution >= 4 is 17.8 Å². The van der Waals surface area contributed by atoms with Crippen LogP contribution in [0.4, 0.5) is 4.79 Å². The number of methoxy groups -OCH3 is 1. The predicted molar refractivity (Wildman–Crippen MR) is 101 cm³/mol. The summed E-state index contributed by atoms with van der Waals surface area (Å²) in [5.74, 6) is -1.18. The first-order valence-electron chi connectivity index (χ1n) is 7.92. The topological polar surface area (TPSA) is 109 Å². The number of hydrogen-bond acceptors (Lipinski definition) is 6. The number of rotatable bonds is 6. The number of ether oxygens (including phenoxy) is 2. The average molecular weight is 364 g/mol. The zero-order chi connectivity index (χ0) is 20.7. The highest BCUT2D eigenvalue weighted by atomic mass is 16.6. The fraction of sp³-hybridized carbons (Fsp3) is 0.421. The number of hydrogen-bond donors (Lipinski definition) is 3. The minimum atomic E-state index is -0.807. The second kappa shape index (κ2) is 9.60. The number of aliphatic hydroxyl groups is 1. The second-order valence-corrected chi connectivity index (χ2v) is 6.68. The Labute approximate surface area is 154 Å². The quantitative estimate of drug-likeness (QED) is 0.217. The van der Waals surface area contributed by atoms with Crippen LogP contribution in [-0.4, -0.2) is 35.6 Å². The van der Waals surface area contributed by atoms with Gasteiger partial charge < -0.3 is 20.0 Å². The number of carbonyl (C=O) groups is 2. The van der Waals surface area contributed by atoms with Crippen LogP contribution in [0, 0.1) is 5.41 Å². The first kappa shape index (κ1) is 23.2. The van der Waals surface area contributed by atoms with E-state index >= 15 is 0 Å². The van der Waals surface area contributed by atoms with Gasteiger partial charge in [-0.2, -0.15) is 0 Å². The molecule has 1 amide bonds. The van der Waals surface area contributed by atoms with Crippen LogP contribution in [0.25, 0.3) is 0 Å². The molecule has 0 saturated heterocycles. The Kier molecular flexibility index (Phi) is 8.56. The number of allylic oxidation sites excluding steroid dienone is 4. The van der Waals surface area contributed by atoms with E-state index in [1.165, 1.54) is 26.2 Å². The van der Waals surface area contributed by atoms with E-state index in [0.29, 0.717) is 16.8 Å². The van der Waals surface area contributed by atoms with Crippen molar-refractivity contribution < 1.29 is 24.2 Å². The third-order valence-corrected chi connectivity index (χ3v) is 2.97. The van der Waals surface area contributed by atoms with Crippen molar-refractivity contribution in [1.82, 2.24) is 5.32 Å². The summed E-state index contributed by atoms with van der Waals surface area (Å²) in [6, 6.07) is 0. The molecule has 0 radical (unpaired) electrons. The highest BCUT2D eigenvalue weighted by Gasteiger charge is 2.19. The van der Waals surface area contributed by atoms with E-state index in [4.69, 9.17) is 10.1 Å². The Bertz CT molecular complexity index is 691. The molecule has 0 bridgehead atoms. The smallest absolute Gasteiger partial charge is 0.412 e. The molecule has 0 unspecified atom stereocenters. The highest BCUT2D eigenvalue weighted by molar-refractivity contribution is 6.18. The standard InChI is InChI=1S/C19H28N2O5/c1-11(2)14(21-18(24)26-19(5,6)7)10-9-12(3)16(22)15(13(4)20)17(23)25-8/h9-10,20,22H,1H2,2-8H3,(H,21,24)/b12-9+,14-10+,16-15+,20-13?. The van der Waals surface area contributed by atoms with Gasteiger partial charge in [0.25, 0.3) is 0 Å². The van der Waals surface area contributed by atoms with Gasteiger partial charge in [-0.15, -0.1) is 0 Å². The maximum absolute atomic E-state index is 11.9. The van der Waals surface area contributed by atoms with E-state index in [1.807, 2.05) is 0 Å². The molecule has 144 valence electrons. The Morgan fingerprint density at radius 1 is 1.15 bits per heavy atom. The second-order valence-electron chi connectivity index (χ2n) is 6.68. The van der Waals surface area contributed by atoms with Crippen molar-refractivity contribution in [2.45, 2.75) is 47.1 Å².